The summed E-state index contributed by atoms with van der Waals surface area (Å²) in [6.45, 7) is 4.48. The van der Waals surface area contributed by atoms with Gasteiger partial charge in [0.1, 0.15) is 11.9 Å². The van der Waals surface area contributed by atoms with Crippen LogP contribution in [0.4, 0.5) is 5.82 Å². The number of hydrogen-bond acceptors (Lipinski definition) is 4. The van der Waals surface area contributed by atoms with Crippen LogP contribution in [0.5, 0.6) is 0 Å². The molecule has 112 valence electrons. The molecule has 0 amide bonds. The molecule has 1 saturated heterocycles. The average Bonchev–Trinajstić information content (AvgIpc) is 2.49. The summed E-state index contributed by atoms with van der Waals surface area (Å²) in [7, 11) is 2.17. The molecular formula is C17H24N4. The summed E-state index contributed by atoms with van der Waals surface area (Å²) in [5.41, 5.74) is 3.19. The number of rotatable bonds is 2. The lowest BCUT2D eigenvalue weighted by Crippen LogP contribution is -2.43. The lowest BCUT2D eigenvalue weighted by Gasteiger charge is -2.35. The molecule has 0 radical (unpaired) electrons. The van der Waals surface area contributed by atoms with Gasteiger partial charge >= 0.3 is 0 Å². The lowest BCUT2D eigenvalue weighted by molar-refractivity contribution is 0.206. The van der Waals surface area contributed by atoms with Crippen LogP contribution in [0.3, 0.4) is 0 Å². The summed E-state index contributed by atoms with van der Waals surface area (Å²) >= 11 is 0. The van der Waals surface area contributed by atoms with Crippen LogP contribution in [0.1, 0.15) is 43.0 Å². The fourth-order valence-corrected chi connectivity index (χ4v) is 3.57. The minimum absolute atomic E-state index is 0.419. The number of fused-ring (bicyclic) bond motifs is 1. The molecule has 1 aliphatic heterocycles. The van der Waals surface area contributed by atoms with Gasteiger partial charge in [-0.2, -0.15) is 5.26 Å². The van der Waals surface area contributed by atoms with Gasteiger partial charge in [-0.25, -0.2) is 4.98 Å². The SMILES string of the molecule is CC1CN(C)CCC1Nc1nc2c(cc1C#N)CCCC2. The summed E-state index contributed by atoms with van der Waals surface area (Å²) in [6.07, 6.45) is 5.68. The maximum atomic E-state index is 9.42. The molecule has 0 spiro atoms. The summed E-state index contributed by atoms with van der Waals surface area (Å²) in [5.74, 6) is 1.38. The van der Waals surface area contributed by atoms with E-state index in [1.807, 2.05) is 0 Å². The van der Waals surface area contributed by atoms with Crippen LogP contribution in [0.15, 0.2) is 6.07 Å². The standard InChI is InChI=1S/C17H24N4/c1-12-11-21(2)8-7-15(12)19-17-14(10-18)9-13-5-3-4-6-16(13)20-17/h9,12,15H,3-8,11H2,1-2H3,(H,19,20). The zero-order valence-electron chi connectivity index (χ0n) is 13.0. The number of aryl methyl sites for hydroxylation is 2. The van der Waals surface area contributed by atoms with E-state index >= 15 is 0 Å². The molecule has 2 unspecified atom stereocenters. The van der Waals surface area contributed by atoms with Gasteiger partial charge in [-0.15, -0.1) is 0 Å². The van der Waals surface area contributed by atoms with Crippen molar-refractivity contribution in [2.24, 2.45) is 5.92 Å². The Balaban J connectivity index is 1.83. The molecule has 4 heteroatoms. The molecule has 2 heterocycles. The number of likely N-dealkylation sites (tertiary alicyclic amines) is 1. The second-order valence-corrected chi connectivity index (χ2v) is 6.59. The molecule has 1 fully saturated rings. The molecule has 0 aromatic carbocycles. The van der Waals surface area contributed by atoms with Gasteiger partial charge < -0.3 is 10.2 Å². The highest BCUT2D eigenvalue weighted by Gasteiger charge is 2.25. The Morgan fingerprint density at radius 1 is 1.38 bits per heavy atom. The molecule has 4 nitrogen and oxygen atoms in total. The van der Waals surface area contributed by atoms with Gasteiger partial charge in [0.25, 0.3) is 0 Å². The molecule has 1 aliphatic carbocycles. The number of nitrogens with one attached hydrogen (secondary N) is 1. The third-order valence-electron chi connectivity index (χ3n) is 4.85. The number of nitriles is 1. The Labute approximate surface area is 127 Å². The van der Waals surface area contributed by atoms with Crippen molar-refractivity contribution in [3.63, 3.8) is 0 Å². The highest BCUT2D eigenvalue weighted by Crippen LogP contribution is 2.26. The minimum Gasteiger partial charge on any atom is -0.366 e. The van der Waals surface area contributed by atoms with Gasteiger partial charge in [0.2, 0.25) is 0 Å². The molecule has 0 bridgehead atoms. The quantitative estimate of drug-likeness (QED) is 0.907. The van der Waals surface area contributed by atoms with Gasteiger partial charge in [-0.05, 0) is 63.2 Å². The fraction of sp³-hybridized carbons (Fsp3) is 0.647. The highest BCUT2D eigenvalue weighted by molar-refractivity contribution is 5.55. The van der Waals surface area contributed by atoms with E-state index in [9.17, 15) is 5.26 Å². The zero-order valence-corrected chi connectivity index (χ0v) is 13.0. The van der Waals surface area contributed by atoms with E-state index in [1.54, 1.807) is 0 Å². The maximum Gasteiger partial charge on any atom is 0.144 e. The van der Waals surface area contributed by atoms with Crippen LogP contribution in [0, 0.1) is 17.2 Å². The topological polar surface area (TPSA) is 52.0 Å². The smallest absolute Gasteiger partial charge is 0.144 e. The molecular weight excluding hydrogens is 260 g/mol. The molecule has 2 aliphatic rings. The van der Waals surface area contributed by atoms with E-state index in [2.05, 4.69) is 36.3 Å². The van der Waals surface area contributed by atoms with Gasteiger partial charge in [0.05, 0.1) is 5.56 Å². The Morgan fingerprint density at radius 3 is 2.95 bits per heavy atom. The summed E-state index contributed by atoms with van der Waals surface area (Å²) in [4.78, 5) is 7.15. The molecule has 3 rings (SSSR count). The van der Waals surface area contributed by atoms with Crippen molar-refractivity contribution < 1.29 is 0 Å². The van der Waals surface area contributed by atoms with Crippen molar-refractivity contribution in [2.75, 3.05) is 25.5 Å². The monoisotopic (exact) mass is 284 g/mol. The zero-order chi connectivity index (χ0) is 14.8. The third kappa shape index (κ3) is 3.03. The number of aromatic nitrogens is 1. The van der Waals surface area contributed by atoms with Crippen LogP contribution in [-0.2, 0) is 12.8 Å². The van der Waals surface area contributed by atoms with Crippen LogP contribution in [-0.4, -0.2) is 36.1 Å². The largest absolute Gasteiger partial charge is 0.366 e. The van der Waals surface area contributed by atoms with E-state index in [4.69, 9.17) is 4.98 Å². The summed E-state index contributed by atoms with van der Waals surface area (Å²) < 4.78 is 0. The Bertz CT molecular complexity index is 561. The van der Waals surface area contributed by atoms with Gasteiger partial charge in [0, 0.05) is 18.3 Å². The predicted octanol–water partition coefficient (Wildman–Crippen LogP) is 2.58. The van der Waals surface area contributed by atoms with Crippen LogP contribution >= 0.6 is 0 Å². The van der Waals surface area contributed by atoms with Crippen LogP contribution in [0.2, 0.25) is 0 Å². The second-order valence-electron chi connectivity index (χ2n) is 6.59. The fourth-order valence-electron chi connectivity index (χ4n) is 3.57. The highest BCUT2D eigenvalue weighted by atomic mass is 15.1. The summed E-state index contributed by atoms with van der Waals surface area (Å²) in [6, 6.07) is 4.80. The van der Waals surface area contributed by atoms with E-state index in [0.717, 1.165) is 38.2 Å². The maximum absolute atomic E-state index is 9.42. The van der Waals surface area contributed by atoms with Crippen LogP contribution in [0.25, 0.3) is 0 Å². The van der Waals surface area contributed by atoms with Crippen molar-refractivity contribution in [2.45, 2.75) is 45.1 Å². The van der Waals surface area contributed by atoms with E-state index in [0.29, 0.717) is 17.5 Å². The first-order valence-electron chi connectivity index (χ1n) is 8.05. The first kappa shape index (κ1) is 14.3. The molecule has 1 aromatic rings. The summed E-state index contributed by atoms with van der Waals surface area (Å²) in [5, 5.41) is 13.0. The molecule has 0 saturated carbocycles. The number of hydrogen-bond donors (Lipinski definition) is 1. The Kier molecular flexibility index (Phi) is 4.12. The van der Waals surface area contributed by atoms with Crippen molar-refractivity contribution in [3.05, 3.63) is 22.9 Å². The molecule has 1 aromatic heterocycles. The predicted molar refractivity (Wildman–Crippen MR) is 84.3 cm³/mol. The number of piperidine rings is 1. The van der Waals surface area contributed by atoms with E-state index in [1.165, 1.54) is 24.1 Å². The number of anilines is 1. The Hall–Kier alpha value is -1.60. The van der Waals surface area contributed by atoms with Gasteiger partial charge in [-0.1, -0.05) is 6.92 Å². The average molecular weight is 284 g/mol. The third-order valence-corrected chi connectivity index (χ3v) is 4.85. The van der Waals surface area contributed by atoms with Crippen molar-refractivity contribution >= 4 is 5.82 Å². The molecule has 1 N–H and O–H groups in total. The second kappa shape index (κ2) is 6.03. The van der Waals surface area contributed by atoms with E-state index < -0.39 is 0 Å². The van der Waals surface area contributed by atoms with Gasteiger partial charge in [0.15, 0.2) is 0 Å². The van der Waals surface area contributed by atoms with E-state index in [-0.39, 0.29) is 0 Å². The molecule has 21 heavy (non-hydrogen) atoms. The molecule has 2 atom stereocenters. The normalized spacial score (nSPS) is 26.0. The lowest BCUT2D eigenvalue weighted by atomic mass is 9.93. The first-order valence-corrected chi connectivity index (χ1v) is 8.05. The van der Waals surface area contributed by atoms with Crippen molar-refractivity contribution in [1.82, 2.24) is 9.88 Å². The van der Waals surface area contributed by atoms with Crippen LogP contribution < -0.4 is 5.32 Å². The first-order chi connectivity index (χ1) is 10.2. The minimum atomic E-state index is 0.419. The number of pyridine rings is 1. The van der Waals surface area contributed by atoms with Crippen molar-refractivity contribution in [3.8, 4) is 6.07 Å². The van der Waals surface area contributed by atoms with Crippen molar-refractivity contribution in [1.29, 1.82) is 5.26 Å². The number of nitrogens with zero attached hydrogens (tertiary/aromatic N) is 3. The van der Waals surface area contributed by atoms with Gasteiger partial charge in [-0.3, -0.25) is 0 Å². The Morgan fingerprint density at radius 2 is 2.19 bits per heavy atom.